The van der Waals surface area contributed by atoms with Crippen LogP contribution in [0.5, 0.6) is 0 Å². The van der Waals surface area contributed by atoms with Gasteiger partial charge < -0.3 is 9.30 Å². The van der Waals surface area contributed by atoms with Gasteiger partial charge in [0.2, 0.25) is 0 Å². The molecule has 1 aromatic rings. The van der Waals surface area contributed by atoms with Crippen LogP contribution in [0.15, 0.2) is 0 Å². The van der Waals surface area contributed by atoms with Crippen molar-refractivity contribution in [3.63, 3.8) is 0 Å². The minimum absolute atomic E-state index is 0.166. The van der Waals surface area contributed by atoms with Crippen LogP contribution in [0.3, 0.4) is 0 Å². The molecule has 0 saturated carbocycles. The van der Waals surface area contributed by atoms with E-state index in [1.165, 1.54) is 0 Å². The second-order valence-electron chi connectivity index (χ2n) is 4.28. The molecule has 0 saturated heterocycles. The fourth-order valence-corrected chi connectivity index (χ4v) is 1.61. The molecule has 0 N–H and O–H groups in total. The lowest BCUT2D eigenvalue weighted by Crippen LogP contribution is -2.18. The quantitative estimate of drug-likeness (QED) is 0.755. The van der Waals surface area contributed by atoms with Crippen LogP contribution in [0, 0.1) is 5.92 Å². The van der Waals surface area contributed by atoms with Crippen LogP contribution in [0.25, 0.3) is 0 Å². The molecular weight excluding hydrogens is 271 g/mol. The Balaban J connectivity index is 2.67. The number of ether oxygens (including phenoxy) is 1. The topological polar surface area (TPSA) is 39.9 Å². The summed E-state index contributed by atoms with van der Waals surface area (Å²) in [5, 5.41) is 7.62. The Morgan fingerprint density at radius 2 is 1.89 bits per heavy atom. The molecule has 0 spiro atoms. The first-order valence-electron chi connectivity index (χ1n) is 5.45. The number of halogens is 4. The number of hydrogen-bond donors (Lipinski definition) is 0. The third-order valence-electron chi connectivity index (χ3n) is 2.07. The summed E-state index contributed by atoms with van der Waals surface area (Å²) in [5.74, 6) is 1.38. The summed E-state index contributed by atoms with van der Waals surface area (Å²) < 4.78 is 42.1. The molecule has 4 nitrogen and oxygen atoms in total. The molecule has 0 fully saturated rings. The highest BCUT2D eigenvalue weighted by Crippen LogP contribution is 2.16. The highest BCUT2D eigenvalue weighted by Gasteiger charge is 2.27. The molecule has 0 atom stereocenters. The van der Waals surface area contributed by atoms with Crippen molar-refractivity contribution >= 4 is 11.6 Å². The van der Waals surface area contributed by atoms with Gasteiger partial charge in [-0.15, -0.1) is 21.8 Å². The van der Waals surface area contributed by atoms with Crippen LogP contribution in [0.2, 0.25) is 0 Å². The standard InChI is InChI=1S/C10H15ClF3N3O/c1-7(2)4-17-8(3-11)15-16-9(17)5-18-6-10(12,13)14/h7H,3-6H2,1-2H3. The van der Waals surface area contributed by atoms with Gasteiger partial charge in [-0.25, -0.2) is 0 Å². The van der Waals surface area contributed by atoms with Crippen LogP contribution >= 0.6 is 11.6 Å². The highest BCUT2D eigenvalue weighted by molar-refractivity contribution is 6.16. The first-order valence-corrected chi connectivity index (χ1v) is 5.98. The number of alkyl halides is 4. The van der Waals surface area contributed by atoms with Crippen molar-refractivity contribution in [2.75, 3.05) is 6.61 Å². The van der Waals surface area contributed by atoms with Crippen LogP contribution in [-0.4, -0.2) is 27.5 Å². The Bertz CT molecular complexity index is 379. The third-order valence-corrected chi connectivity index (χ3v) is 2.31. The largest absolute Gasteiger partial charge is 0.411 e. The molecule has 0 radical (unpaired) electrons. The van der Waals surface area contributed by atoms with Gasteiger partial charge in [0, 0.05) is 6.54 Å². The minimum atomic E-state index is -4.34. The Kier molecular flexibility index (Phi) is 5.40. The van der Waals surface area contributed by atoms with E-state index in [4.69, 9.17) is 11.6 Å². The maximum Gasteiger partial charge on any atom is 0.411 e. The van der Waals surface area contributed by atoms with Crippen molar-refractivity contribution < 1.29 is 17.9 Å². The molecular formula is C10H15ClF3N3O. The minimum Gasteiger partial charge on any atom is -0.364 e. The van der Waals surface area contributed by atoms with Crippen molar-refractivity contribution in [1.82, 2.24) is 14.8 Å². The number of nitrogens with zero attached hydrogens (tertiary/aromatic N) is 3. The summed E-state index contributed by atoms with van der Waals surface area (Å²) in [6.45, 7) is 3.05. The Morgan fingerprint density at radius 3 is 2.39 bits per heavy atom. The number of hydrogen-bond acceptors (Lipinski definition) is 3. The van der Waals surface area contributed by atoms with Gasteiger partial charge in [0.25, 0.3) is 0 Å². The molecule has 18 heavy (non-hydrogen) atoms. The van der Waals surface area contributed by atoms with Crippen molar-refractivity contribution in [3.8, 4) is 0 Å². The Labute approximate surface area is 108 Å². The van der Waals surface area contributed by atoms with E-state index in [-0.39, 0.29) is 12.5 Å². The molecule has 1 heterocycles. The van der Waals surface area contributed by atoms with E-state index in [1.807, 2.05) is 13.8 Å². The number of rotatable bonds is 6. The first-order chi connectivity index (χ1) is 8.33. The average molecular weight is 286 g/mol. The lowest BCUT2D eigenvalue weighted by atomic mass is 10.2. The molecule has 0 aromatic carbocycles. The van der Waals surface area contributed by atoms with E-state index >= 15 is 0 Å². The van der Waals surface area contributed by atoms with Crippen LogP contribution in [-0.2, 0) is 23.8 Å². The number of aromatic nitrogens is 3. The molecule has 104 valence electrons. The zero-order valence-electron chi connectivity index (χ0n) is 10.2. The zero-order valence-corrected chi connectivity index (χ0v) is 10.9. The monoisotopic (exact) mass is 285 g/mol. The first kappa shape index (κ1) is 15.2. The third kappa shape index (κ3) is 4.81. The van der Waals surface area contributed by atoms with E-state index < -0.39 is 12.8 Å². The highest BCUT2D eigenvalue weighted by atomic mass is 35.5. The Morgan fingerprint density at radius 1 is 1.28 bits per heavy atom. The summed E-state index contributed by atoms with van der Waals surface area (Å²) in [4.78, 5) is 0. The van der Waals surface area contributed by atoms with E-state index in [2.05, 4.69) is 14.9 Å². The SMILES string of the molecule is CC(C)Cn1c(CCl)nnc1COCC(F)(F)F. The normalized spacial score (nSPS) is 12.4. The van der Waals surface area contributed by atoms with E-state index in [9.17, 15) is 13.2 Å². The predicted molar refractivity (Wildman–Crippen MR) is 60.1 cm³/mol. The molecule has 0 bridgehead atoms. The molecule has 0 aliphatic heterocycles. The van der Waals surface area contributed by atoms with E-state index in [0.717, 1.165) is 0 Å². The van der Waals surface area contributed by atoms with Gasteiger partial charge >= 0.3 is 6.18 Å². The summed E-state index contributed by atoms with van der Waals surface area (Å²) in [6, 6.07) is 0. The van der Waals surface area contributed by atoms with Gasteiger partial charge in [-0.05, 0) is 5.92 Å². The summed E-state index contributed by atoms with van der Waals surface area (Å²) in [7, 11) is 0. The van der Waals surface area contributed by atoms with Gasteiger partial charge in [0.15, 0.2) is 5.82 Å². The van der Waals surface area contributed by atoms with Crippen molar-refractivity contribution in [3.05, 3.63) is 11.6 Å². The van der Waals surface area contributed by atoms with Gasteiger partial charge in [-0.2, -0.15) is 13.2 Å². The molecule has 1 rings (SSSR count). The smallest absolute Gasteiger partial charge is 0.364 e. The molecule has 1 aromatic heterocycles. The lowest BCUT2D eigenvalue weighted by Gasteiger charge is -2.12. The molecule has 0 amide bonds. The maximum absolute atomic E-state index is 12.0. The molecule has 0 aliphatic carbocycles. The fraction of sp³-hybridized carbons (Fsp3) is 0.800. The van der Waals surface area contributed by atoms with Gasteiger partial charge in [0.05, 0.1) is 5.88 Å². The van der Waals surface area contributed by atoms with Gasteiger partial charge in [-0.3, -0.25) is 0 Å². The summed E-state index contributed by atoms with van der Waals surface area (Å²) >= 11 is 5.69. The van der Waals surface area contributed by atoms with Crippen LogP contribution < -0.4 is 0 Å². The van der Waals surface area contributed by atoms with Gasteiger partial charge in [-0.1, -0.05) is 13.8 Å². The summed E-state index contributed by atoms with van der Waals surface area (Å²) in [5.41, 5.74) is 0. The van der Waals surface area contributed by atoms with E-state index in [1.54, 1.807) is 4.57 Å². The second-order valence-corrected chi connectivity index (χ2v) is 4.55. The van der Waals surface area contributed by atoms with Crippen molar-refractivity contribution in [2.24, 2.45) is 5.92 Å². The summed E-state index contributed by atoms with van der Waals surface area (Å²) in [6.07, 6.45) is -4.34. The fourth-order valence-electron chi connectivity index (χ4n) is 1.41. The Hall–Kier alpha value is -0.820. The van der Waals surface area contributed by atoms with Crippen LogP contribution in [0.4, 0.5) is 13.2 Å². The second kappa shape index (κ2) is 6.38. The zero-order chi connectivity index (χ0) is 13.8. The molecule has 0 aliphatic rings. The maximum atomic E-state index is 12.0. The van der Waals surface area contributed by atoms with Crippen molar-refractivity contribution in [2.45, 2.75) is 39.1 Å². The molecule has 0 unspecified atom stereocenters. The van der Waals surface area contributed by atoms with Crippen molar-refractivity contribution in [1.29, 1.82) is 0 Å². The average Bonchev–Trinajstić information content (AvgIpc) is 2.58. The van der Waals surface area contributed by atoms with Crippen LogP contribution in [0.1, 0.15) is 25.5 Å². The van der Waals surface area contributed by atoms with Gasteiger partial charge in [0.1, 0.15) is 19.0 Å². The predicted octanol–water partition coefficient (Wildman–Crippen LogP) is 2.75. The van der Waals surface area contributed by atoms with E-state index in [0.29, 0.717) is 24.1 Å². The molecule has 8 heteroatoms. The lowest BCUT2D eigenvalue weighted by molar-refractivity contribution is -0.177.